The second kappa shape index (κ2) is 2.90. The van der Waals surface area contributed by atoms with E-state index in [-0.39, 0.29) is 0 Å². The molecule has 0 saturated heterocycles. The molecule has 2 rings (SSSR count). The average Bonchev–Trinajstić information content (AvgIpc) is 2.49. The van der Waals surface area contributed by atoms with Crippen LogP contribution in [0.25, 0.3) is 0 Å². The number of aryl methyl sites for hydroxylation is 1. The molecule has 3 heteroatoms. The molecular weight excluding hydrogens is 172 g/mol. The maximum Gasteiger partial charge on any atom is 0.231 e. The van der Waals surface area contributed by atoms with Gasteiger partial charge in [-0.05, 0) is 24.1 Å². The molecule has 1 heterocycles. The summed E-state index contributed by atoms with van der Waals surface area (Å²) in [6.07, 6.45) is 0.968. The molecule has 1 aliphatic rings. The van der Waals surface area contributed by atoms with Gasteiger partial charge in [0.1, 0.15) is 0 Å². The van der Waals surface area contributed by atoms with Crippen molar-refractivity contribution in [2.75, 3.05) is 6.79 Å². The van der Waals surface area contributed by atoms with Crippen molar-refractivity contribution in [3.8, 4) is 11.5 Å². The minimum atomic E-state index is 0.329. The van der Waals surface area contributed by atoms with Crippen LogP contribution in [0.1, 0.15) is 12.5 Å². The summed E-state index contributed by atoms with van der Waals surface area (Å²) in [6.45, 7) is 2.42. The van der Waals surface area contributed by atoms with Crippen LogP contribution in [0, 0.1) is 0 Å². The fourth-order valence-electron chi connectivity index (χ4n) is 1.26. The summed E-state index contributed by atoms with van der Waals surface area (Å²) in [5.74, 6) is 1.64. The lowest BCUT2D eigenvalue weighted by Crippen LogP contribution is -1.92. The van der Waals surface area contributed by atoms with Crippen LogP contribution < -0.4 is 9.47 Å². The van der Waals surface area contributed by atoms with E-state index < -0.39 is 0 Å². The lowest BCUT2D eigenvalue weighted by molar-refractivity contribution is 0.174. The molecule has 0 bridgehead atoms. The minimum Gasteiger partial charge on any atom is -0.454 e. The molecule has 0 aliphatic carbocycles. The third-order valence-corrected chi connectivity index (χ3v) is 2.37. The van der Waals surface area contributed by atoms with Crippen molar-refractivity contribution in [3.63, 3.8) is 0 Å². The van der Waals surface area contributed by atoms with E-state index in [0.29, 0.717) is 6.79 Å². The molecule has 0 saturated carbocycles. The molecule has 1 aliphatic heterocycles. The van der Waals surface area contributed by atoms with Crippen molar-refractivity contribution in [1.29, 1.82) is 0 Å². The van der Waals surface area contributed by atoms with E-state index in [1.165, 1.54) is 5.56 Å². The van der Waals surface area contributed by atoms with Crippen LogP contribution in [0.15, 0.2) is 17.0 Å². The summed E-state index contributed by atoms with van der Waals surface area (Å²) in [7, 11) is 0. The third kappa shape index (κ3) is 1.14. The van der Waals surface area contributed by atoms with Crippen molar-refractivity contribution < 1.29 is 9.47 Å². The van der Waals surface area contributed by atoms with Gasteiger partial charge in [-0.15, -0.1) is 12.6 Å². The number of thiol groups is 1. The summed E-state index contributed by atoms with van der Waals surface area (Å²) < 4.78 is 10.4. The Kier molecular flexibility index (Phi) is 1.89. The molecule has 0 fully saturated rings. The smallest absolute Gasteiger partial charge is 0.231 e. The van der Waals surface area contributed by atoms with Gasteiger partial charge in [0.05, 0.1) is 0 Å². The van der Waals surface area contributed by atoms with E-state index in [1.807, 2.05) is 12.1 Å². The van der Waals surface area contributed by atoms with Crippen LogP contribution in [-0.2, 0) is 6.42 Å². The van der Waals surface area contributed by atoms with Gasteiger partial charge < -0.3 is 9.47 Å². The summed E-state index contributed by atoms with van der Waals surface area (Å²) >= 11 is 4.34. The van der Waals surface area contributed by atoms with Gasteiger partial charge in [0.2, 0.25) is 6.79 Å². The molecular formula is C9H10O2S. The lowest BCUT2D eigenvalue weighted by Gasteiger charge is -2.03. The van der Waals surface area contributed by atoms with Crippen LogP contribution in [0.5, 0.6) is 11.5 Å². The molecule has 0 radical (unpaired) electrons. The first-order valence-electron chi connectivity index (χ1n) is 3.92. The van der Waals surface area contributed by atoms with Crippen LogP contribution in [0.4, 0.5) is 0 Å². The largest absolute Gasteiger partial charge is 0.454 e. The predicted molar refractivity (Wildman–Crippen MR) is 49.2 cm³/mol. The Balaban J connectivity index is 2.49. The maximum absolute atomic E-state index is 5.24. The van der Waals surface area contributed by atoms with Gasteiger partial charge in [-0.25, -0.2) is 0 Å². The molecule has 0 N–H and O–H groups in total. The Morgan fingerprint density at radius 3 is 2.67 bits per heavy atom. The second-order valence-corrected chi connectivity index (χ2v) is 3.17. The zero-order valence-electron chi connectivity index (χ0n) is 6.83. The minimum absolute atomic E-state index is 0.329. The number of rotatable bonds is 1. The van der Waals surface area contributed by atoms with E-state index in [1.54, 1.807) is 0 Å². The van der Waals surface area contributed by atoms with Crippen molar-refractivity contribution in [1.82, 2.24) is 0 Å². The number of hydrogen-bond acceptors (Lipinski definition) is 3. The molecule has 0 unspecified atom stereocenters. The first-order chi connectivity index (χ1) is 5.81. The number of fused-ring (bicyclic) bond motifs is 1. The molecule has 0 aromatic heterocycles. The number of ether oxygens (including phenoxy) is 2. The van der Waals surface area contributed by atoms with Crippen molar-refractivity contribution >= 4 is 12.6 Å². The van der Waals surface area contributed by atoms with Gasteiger partial charge in [-0.3, -0.25) is 0 Å². The average molecular weight is 182 g/mol. The predicted octanol–water partition coefficient (Wildman–Crippen LogP) is 2.27. The molecule has 0 amide bonds. The molecule has 12 heavy (non-hydrogen) atoms. The fourth-order valence-corrected chi connectivity index (χ4v) is 1.60. The van der Waals surface area contributed by atoms with E-state index in [4.69, 9.17) is 9.47 Å². The Morgan fingerprint density at radius 2 is 2.00 bits per heavy atom. The topological polar surface area (TPSA) is 18.5 Å². The van der Waals surface area contributed by atoms with Crippen molar-refractivity contribution in [2.24, 2.45) is 0 Å². The van der Waals surface area contributed by atoms with E-state index in [9.17, 15) is 0 Å². The number of benzene rings is 1. The highest BCUT2D eigenvalue weighted by Crippen LogP contribution is 2.36. The molecule has 1 aromatic carbocycles. The summed E-state index contributed by atoms with van der Waals surface area (Å²) in [5.41, 5.74) is 1.20. The molecule has 64 valence electrons. The molecule has 0 spiro atoms. The zero-order valence-corrected chi connectivity index (χ0v) is 7.73. The zero-order chi connectivity index (χ0) is 8.55. The summed E-state index contributed by atoms with van der Waals surface area (Å²) in [4.78, 5) is 0.974. The Bertz CT molecular complexity index is 309. The Labute approximate surface area is 76.9 Å². The first-order valence-corrected chi connectivity index (χ1v) is 4.37. The molecule has 0 atom stereocenters. The Morgan fingerprint density at radius 1 is 1.33 bits per heavy atom. The van der Waals surface area contributed by atoms with Gasteiger partial charge in [0, 0.05) is 4.90 Å². The number of hydrogen-bond donors (Lipinski definition) is 1. The highest BCUT2D eigenvalue weighted by atomic mass is 32.1. The standard InChI is InChI=1S/C9H10O2S/c1-2-6-3-7-8(4-9(6)12)11-5-10-7/h3-4,12H,2,5H2,1H3. The van der Waals surface area contributed by atoms with Crippen LogP contribution in [0.3, 0.4) is 0 Å². The van der Waals surface area contributed by atoms with Crippen LogP contribution in [0.2, 0.25) is 0 Å². The van der Waals surface area contributed by atoms with E-state index >= 15 is 0 Å². The van der Waals surface area contributed by atoms with E-state index in [0.717, 1.165) is 22.8 Å². The van der Waals surface area contributed by atoms with Gasteiger partial charge in [-0.1, -0.05) is 6.92 Å². The SMILES string of the molecule is CCc1cc2c(cc1S)OCO2. The normalized spacial score (nSPS) is 13.5. The fraction of sp³-hybridized carbons (Fsp3) is 0.333. The Hall–Kier alpha value is -0.830. The van der Waals surface area contributed by atoms with Crippen LogP contribution in [-0.4, -0.2) is 6.79 Å². The highest BCUT2D eigenvalue weighted by molar-refractivity contribution is 7.80. The van der Waals surface area contributed by atoms with Crippen LogP contribution >= 0.6 is 12.6 Å². The molecule has 2 nitrogen and oxygen atoms in total. The third-order valence-electron chi connectivity index (χ3n) is 1.95. The second-order valence-electron chi connectivity index (χ2n) is 2.69. The van der Waals surface area contributed by atoms with Crippen molar-refractivity contribution in [2.45, 2.75) is 18.2 Å². The summed E-state index contributed by atoms with van der Waals surface area (Å²) in [6, 6.07) is 3.90. The van der Waals surface area contributed by atoms with E-state index in [2.05, 4.69) is 19.6 Å². The molecule has 1 aromatic rings. The maximum atomic E-state index is 5.24. The van der Waals surface area contributed by atoms with Crippen molar-refractivity contribution in [3.05, 3.63) is 17.7 Å². The summed E-state index contributed by atoms with van der Waals surface area (Å²) in [5, 5.41) is 0. The van der Waals surface area contributed by atoms with Gasteiger partial charge in [0.25, 0.3) is 0 Å². The highest BCUT2D eigenvalue weighted by Gasteiger charge is 2.14. The van der Waals surface area contributed by atoms with Gasteiger partial charge >= 0.3 is 0 Å². The first kappa shape index (κ1) is 7.80. The van der Waals surface area contributed by atoms with Gasteiger partial charge in [0.15, 0.2) is 11.5 Å². The monoisotopic (exact) mass is 182 g/mol. The van der Waals surface area contributed by atoms with Gasteiger partial charge in [-0.2, -0.15) is 0 Å². The lowest BCUT2D eigenvalue weighted by atomic mass is 10.1. The quantitative estimate of drug-likeness (QED) is 0.672.